The lowest BCUT2D eigenvalue weighted by Gasteiger charge is -2.58. The number of hydrogen-bond acceptors (Lipinski definition) is 3. The minimum atomic E-state index is -0.294. The van der Waals surface area contributed by atoms with Gasteiger partial charge in [0, 0.05) is 12.3 Å². The summed E-state index contributed by atoms with van der Waals surface area (Å²) in [6, 6.07) is 0. The van der Waals surface area contributed by atoms with E-state index in [9.17, 15) is 5.11 Å². The molecule has 2 heterocycles. The van der Waals surface area contributed by atoms with Crippen LogP contribution in [0.15, 0.2) is 11.6 Å². The Balaban J connectivity index is 1.28. The second-order valence-electron chi connectivity index (χ2n) is 12.7. The number of aliphatic hydroxyl groups excluding tert-OH is 1. The zero-order valence-corrected chi connectivity index (χ0v) is 19.5. The van der Waals surface area contributed by atoms with Crippen LogP contribution in [-0.2, 0) is 9.47 Å². The number of ether oxygens (including phenoxy) is 2. The summed E-state index contributed by atoms with van der Waals surface area (Å²) in [5, 5.41) is 10.3. The standard InChI is InChI=1S/C27H42O3/c1-16-7-12-27(29-15-16)17(2)24-23(30-27)14-22-20-6-5-18-13-19(28)8-10-25(18,3)21(20)9-11-26(22,24)4/h5,16-17,19-24,28H,6-15H2,1-4H3/t16?,17-,19-,20?,21?,22?,23?,24?,25-,26-,27?/m0/s1. The van der Waals surface area contributed by atoms with Crippen LogP contribution in [0.3, 0.4) is 0 Å². The van der Waals surface area contributed by atoms with Crippen LogP contribution in [0.1, 0.15) is 85.5 Å². The van der Waals surface area contributed by atoms with Crippen LogP contribution >= 0.6 is 0 Å². The Hall–Kier alpha value is -0.380. The molecule has 11 atom stereocenters. The molecule has 0 aromatic heterocycles. The minimum absolute atomic E-state index is 0.107. The van der Waals surface area contributed by atoms with E-state index in [0.29, 0.717) is 34.7 Å². The third kappa shape index (κ3) is 2.55. The monoisotopic (exact) mass is 414 g/mol. The fraction of sp³-hybridized carbons (Fsp3) is 0.926. The average molecular weight is 415 g/mol. The van der Waals surface area contributed by atoms with Crippen molar-refractivity contribution in [1.29, 1.82) is 0 Å². The first-order valence-corrected chi connectivity index (χ1v) is 13.0. The Kier molecular flexibility index (Phi) is 4.44. The molecule has 0 radical (unpaired) electrons. The molecular weight excluding hydrogens is 372 g/mol. The molecule has 1 spiro atoms. The van der Waals surface area contributed by atoms with Crippen molar-refractivity contribution in [2.75, 3.05) is 6.61 Å². The van der Waals surface area contributed by atoms with Gasteiger partial charge in [-0.3, -0.25) is 0 Å². The Morgan fingerprint density at radius 1 is 1.03 bits per heavy atom. The molecule has 7 unspecified atom stereocenters. The molecule has 2 saturated heterocycles. The third-order valence-corrected chi connectivity index (χ3v) is 11.3. The summed E-state index contributed by atoms with van der Waals surface area (Å²) in [4.78, 5) is 0. The maximum absolute atomic E-state index is 10.3. The fourth-order valence-corrected chi connectivity index (χ4v) is 9.66. The first-order chi connectivity index (χ1) is 14.3. The molecule has 6 aliphatic rings. The van der Waals surface area contributed by atoms with Crippen molar-refractivity contribution in [2.45, 2.75) is 103 Å². The van der Waals surface area contributed by atoms with E-state index in [0.717, 1.165) is 43.6 Å². The van der Waals surface area contributed by atoms with Crippen LogP contribution in [0.4, 0.5) is 0 Å². The SMILES string of the molecule is CC1CCC2(OC1)OC1CC3C4CC=C5C[C@@H](O)CC[C@]5(C)C4CC[C@]3(C)C1[C@@H]2C. The summed E-state index contributed by atoms with van der Waals surface area (Å²) in [6.07, 6.45) is 13.5. The van der Waals surface area contributed by atoms with Crippen molar-refractivity contribution in [3.8, 4) is 0 Å². The van der Waals surface area contributed by atoms with Gasteiger partial charge in [0.25, 0.3) is 0 Å². The first-order valence-electron chi connectivity index (χ1n) is 13.0. The molecule has 3 heteroatoms. The van der Waals surface area contributed by atoms with Gasteiger partial charge in [0.05, 0.1) is 18.8 Å². The Morgan fingerprint density at radius 3 is 2.63 bits per heavy atom. The lowest BCUT2D eigenvalue weighted by atomic mass is 9.47. The zero-order chi connectivity index (χ0) is 20.9. The third-order valence-electron chi connectivity index (χ3n) is 11.3. The highest BCUT2D eigenvalue weighted by Crippen LogP contribution is 2.70. The summed E-state index contributed by atoms with van der Waals surface area (Å²) in [5.74, 6) is 3.94. The Bertz CT molecular complexity index is 736. The van der Waals surface area contributed by atoms with Gasteiger partial charge in [-0.05, 0) is 91.8 Å². The van der Waals surface area contributed by atoms with Crippen molar-refractivity contribution >= 4 is 0 Å². The molecule has 0 bridgehead atoms. The minimum Gasteiger partial charge on any atom is -0.393 e. The molecule has 3 saturated carbocycles. The van der Waals surface area contributed by atoms with Gasteiger partial charge in [-0.1, -0.05) is 39.3 Å². The predicted octanol–water partition coefficient (Wildman–Crippen LogP) is 5.71. The molecule has 5 fully saturated rings. The van der Waals surface area contributed by atoms with Gasteiger partial charge in [-0.15, -0.1) is 0 Å². The van der Waals surface area contributed by atoms with E-state index in [1.807, 2.05) is 0 Å². The van der Waals surface area contributed by atoms with E-state index in [2.05, 4.69) is 33.8 Å². The lowest BCUT2D eigenvalue weighted by molar-refractivity contribution is -0.272. The van der Waals surface area contributed by atoms with E-state index in [-0.39, 0.29) is 11.9 Å². The maximum Gasteiger partial charge on any atom is 0.171 e. The van der Waals surface area contributed by atoms with E-state index in [4.69, 9.17) is 9.47 Å². The van der Waals surface area contributed by atoms with Crippen molar-refractivity contribution < 1.29 is 14.6 Å². The second-order valence-corrected chi connectivity index (χ2v) is 12.7. The summed E-state index contributed by atoms with van der Waals surface area (Å²) in [7, 11) is 0. The topological polar surface area (TPSA) is 38.7 Å². The van der Waals surface area contributed by atoms with Crippen LogP contribution in [0.2, 0.25) is 0 Å². The van der Waals surface area contributed by atoms with Crippen molar-refractivity contribution in [1.82, 2.24) is 0 Å². The van der Waals surface area contributed by atoms with Crippen LogP contribution in [0.5, 0.6) is 0 Å². The van der Waals surface area contributed by atoms with Crippen molar-refractivity contribution in [3.05, 3.63) is 11.6 Å². The van der Waals surface area contributed by atoms with Gasteiger partial charge in [0.1, 0.15) is 0 Å². The average Bonchev–Trinajstić information content (AvgIpc) is 3.16. The van der Waals surface area contributed by atoms with Crippen LogP contribution in [0.25, 0.3) is 0 Å². The van der Waals surface area contributed by atoms with E-state index in [1.54, 1.807) is 5.57 Å². The van der Waals surface area contributed by atoms with Crippen LogP contribution in [0, 0.1) is 46.3 Å². The molecule has 3 nitrogen and oxygen atoms in total. The molecule has 1 N–H and O–H groups in total. The highest BCUT2D eigenvalue weighted by Gasteiger charge is 2.68. The Labute approximate surface area is 183 Å². The van der Waals surface area contributed by atoms with Gasteiger partial charge in [-0.25, -0.2) is 0 Å². The molecule has 0 aromatic rings. The van der Waals surface area contributed by atoms with E-state index < -0.39 is 0 Å². The molecule has 2 aliphatic heterocycles. The molecular formula is C27H42O3. The highest BCUT2D eigenvalue weighted by molar-refractivity contribution is 5.26. The van der Waals surface area contributed by atoms with Gasteiger partial charge < -0.3 is 14.6 Å². The van der Waals surface area contributed by atoms with Crippen LogP contribution < -0.4 is 0 Å². The summed E-state index contributed by atoms with van der Waals surface area (Å²) in [6.45, 7) is 10.8. The molecule has 0 aromatic carbocycles. The Morgan fingerprint density at radius 2 is 1.87 bits per heavy atom. The van der Waals surface area contributed by atoms with Gasteiger partial charge >= 0.3 is 0 Å². The number of hydrogen-bond donors (Lipinski definition) is 1. The van der Waals surface area contributed by atoms with Crippen LogP contribution in [-0.4, -0.2) is 29.7 Å². The fourth-order valence-electron chi connectivity index (χ4n) is 9.66. The lowest BCUT2D eigenvalue weighted by Crippen LogP contribution is -2.52. The summed E-state index contributed by atoms with van der Waals surface area (Å²) < 4.78 is 13.3. The molecule has 30 heavy (non-hydrogen) atoms. The zero-order valence-electron chi connectivity index (χ0n) is 19.5. The predicted molar refractivity (Wildman–Crippen MR) is 118 cm³/mol. The molecule has 6 rings (SSSR count). The van der Waals surface area contributed by atoms with Gasteiger partial charge in [0.2, 0.25) is 0 Å². The molecule has 0 amide bonds. The van der Waals surface area contributed by atoms with Crippen molar-refractivity contribution in [3.63, 3.8) is 0 Å². The quantitative estimate of drug-likeness (QED) is 0.516. The number of aliphatic hydroxyl groups is 1. The first kappa shape index (κ1) is 20.2. The smallest absolute Gasteiger partial charge is 0.171 e. The largest absolute Gasteiger partial charge is 0.393 e. The second kappa shape index (κ2) is 6.58. The molecule has 168 valence electrons. The van der Waals surface area contributed by atoms with Gasteiger partial charge in [-0.2, -0.15) is 0 Å². The van der Waals surface area contributed by atoms with E-state index >= 15 is 0 Å². The summed E-state index contributed by atoms with van der Waals surface area (Å²) >= 11 is 0. The normalized spacial score (nSPS) is 59.8. The maximum atomic E-state index is 10.3. The number of fused-ring (bicyclic) bond motifs is 7. The number of rotatable bonds is 0. The number of allylic oxidation sites excluding steroid dienone is 1. The summed E-state index contributed by atoms with van der Waals surface area (Å²) in [5.41, 5.74) is 2.31. The highest BCUT2D eigenvalue weighted by atomic mass is 16.7. The molecule has 4 aliphatic carbocycles. The van der Waals surface area contributed by atoms with Crippen molar-refractivity contribution in [2.24, 2.45) is 46.3 Å². The van der Waals surface area contributed by atoms with Gasteiger partial charge in [0.15, 0.2) is 5.79 Å². The van der Waals surface area contributed by atoms with E-state index in [1.165, 1.54) is 38.5 Å².